The molecule has 0 aromatic carbocycles. The fourth-order valence-corrected chi connectivity index (χ4v) is 5.90. The van der Waals surface area contributed by atoms with Gasteiger partial charge < -0.3 is 14.4 Å². The lowest BCUT2D eigenvalue weighted by Crippen LogP contribution is -2.39. The highest BCUT2D eigenvalue weighted by molar-refractivity contribution is 7.18. The van der Waals surface area contributed by atoms with Gasteiger partial charge in [-0.1, -0.05) is 25.7 Å². The molecule has 1 atom stereocenters. The van der Waals surface area contributed by atoms with Crippen molar-refractivity contribution in [1.82, 2.24) is 4.90 Å². The molecule has 2 fully saturated rings. The van der Waals surface area contributed by atoms with Crippen molar-refractivity contribution in [2.24, 2.45) is 5.41 Å². The van der Waals surface area contributed by atoms with Crippen LogP contribution < -0.4 is 4.90 Å². The van der Waals surface area contributed by atoms with Crippen LogP contribution in [0.1, 0.15) is 74.7 Å². The maximum atomic E-state index is 12.9. The molecule has 2 saturated heterocycles. The molecule has 3 aliphatic rings. The van der Waals surface area contributed by atoms with Crippen LogP contribution in [-0.4, -0.2) is 61.3 Å². The van der Waals surface area contributed by atoms with E-state index in [4.69, 9.17) is 9.47 Å². The molecule has 174 valence electrons. The SMILES string of the molecule is CC1(C)CC(=O)c2sc(N3CCOCC3)c(C#C[C@@H]3CCCN3C(=O)OC(C)(C)C)c2C1. The quantitative estimate of drug-likeness (QED) is 0.581. The van der Waals surface area contributed by atoms with E-state index in [0.717, 1.165) is 53.4 Å². The highest BCUT2D eigenvalue weighted by Crippen LogP contribution is 2.45. The van der Waals surface area contributed by atoms with Gasteiger partial charge in [-0.15, -0.1) is 11.3 Å². The van der Waals surface area contributed by atoms with Crippen LogP contribution in [0.15, 0.2) is 0 Å². The fraction of sp³-hybridized carbons (Fsp3) is 0.680. The second-order valence-corrected chi connectivity index (χ2v) is 11.7. The van der Waals surface area contributed by atoms with Gasteiger partial charge >= 0.3 is 6.09 Å². The van der Waals surface area contributed by atoms with E-state index >= 15 is 0 Å². The smallest absolute Gasteiger partial charge is 0.411 e. The number of fused-ring (bicyclic) bond motifs is 1. The predicted octanol–water partition coefficient (Wildman–Crippen LogP) is 4.49. The number of ether oxygens (including phenoxy) is 2. The monoisotopic (exact) mass is 458 g/mol. The number of Topliss-reactive ketones (excluding diaryl/α,β-unsaturated/α-hetero) is 1. The summed E-state index contributed by atoms with van der Waals surface area (Å²) in [5.41, 5.74) is 1.47. The van der Waals surface area contributed by atoms with Crippen molar-refractivity contribution in [2.75, 3.05) is 37.7 Å². The van der Waals surface area contributed by atoms with E-state index in [1.807, 2.05) is 20.8 Å². The van der Waals surface area contributed by atoms with Crippen LogP contribution >= 0.6 is 11.3 Å². The van der Waals surface area contributed by atoms with Gasteiger partial charge in [-0.2, -0.15) is 0 Å². The van der Waals surface area contributed by atoms with Crippen molar-refractivity contribution in [3.05, 3.63) is 16.0 Å². The Hall–Kier alpha value is -2.04. The van der Waals surface area contributed by atoms with Gasteiger partial charge in [-0.05, 0) is 51.0 Å². The first-order valence-corrected chi connectivity index (χ1v) is 12.4. The number of carbonyl (C=O) groups excluding carboxylic acids is 2. The third-order valence-electron chi connectivity index (χ3n) is 6.08. The molecule has 0 saturated carbocycles. The number of morpholine rings is 1. The van der Waals surface area contributed by atoms with E-state index in [1.54, 1.807) is 16.2 Å². The fourth-order valence-electron chi connectivity index (χ4n) is 4.63. The Morgan fingerprint density at radius 3 is 2.59 bits per heavy atom. The second kappa shape index (κ2) is 8.72. The average molecular weight is 459 g/mol. The van der Waals surface area contributed by atoms with Gasteiger partial charge in [-0.3, -0.25) is 9.69 Å². The number of ketones is 1. The van der Waals surface area contributed by atoms with Crippen LogP contribution in [0.2, 0.25) is 0 Å². The zero-order valence-electron chi connectivity index (χ0n) is 19.9. The number of anilines is 1. The Morgan fingerprint density at radius 1 is 1.19 bits per heavy atom. The van der Waals surface area contributed by atoms with Crippen molar-refractivity contribution < 1.29 is 19.1 Å². The normalized spacial score (nSPS) is 22.9. The minimum atomic E-state index is -0.528. The predicted molar refractivity (Wildman–Crippen MR) is 127 cm³/mol. The lowest BCUT2D eigenvalue weighted by Gasteiger charge is -2.29. The van der Waals surface area contributed by atoms with Gasteiger partial charge in [0.1, 0.15) is 10.6 Å². The minimum absolute atomic E-state index is 0.0697. The summed E-state index contributed by atoms with van der Waals surface area (Å²) in [5.74, 6) is 7.05. The summed E-state index contributed by atoms with van der Waals surface area (Å²) >= 11 is 1.59. The molecule has 0 spiro atoms. The van der Waals surface area contributed by atoms with Crippen LogP contribution in [0.5, 0.6) is 0 Å². The maximum Gasteiger partial charge on any atom is 0.411 e. The number of likely N-dealkylation sites (tertiary alicyclic amines) is 1. The molecule has 1 aromatic rings. The Morgan fingerprint density at radius 2 is 1.91 bits per heavy atom. The maximum absolute atomic E-state index is 12.9. The van der Waals surface area contributed by atoms with Gasteiger partial charge in [0.2, 0.25) is 0 Å². The molecule has 3 heterocycles. The molecule has 1 aromatic heterocycles. The summed E-state index contributed by atoms with van der Waals surface area (Å²) in [7, 11) is 0. The zero-order chi connectivity index (χ0) is 23.1. The third-order valence-corrected chi connectivity index (χ3v) is 7.41. The average Bonchev–Trinajstić information content (AvgIpc) is 3.29. The Bertz CT molecular complexity index is 957. The molecule has 0 unspecified atom stereocenters. The van der Waals surface area contributed by atoms with Crippen molar-refractivity contribution in [1.29, 1.82) is 0 Å². The van der Waals surface area contributed by atoms with Crippen LogP contribution in [0.3, 0.4) is 0 Å². The Balaban J connectivity index is 1.68. The number of rotatable bonds is 1. The molecule has 32 heavy (non-hydrogen) atoms. The third kappa shape index (κ3) is 4.97. The molecule has 1 aliphatic carbocycles. The number of hydrogen-bond donors (Lipinski definition) is 0. The Kier molecular flexibility index (Phi) is 6.30. The van der Waals surface area contributed by atoms with Crippen molar-refractivity contribution >= 4 is 28.2 Å². The molecule has 4 rings (SSSR count). The van der Waals surface area contributed by atoms with E-state index in [2.05, 4.69) is 30.6 Å². The molecule has 7 heteroatoms. The molecule has 2 aliphatic heterocycles. The van der Waals surface area contributed by atoms with Crippen LogP contribution in [0.4, 0.5) is 9.80 Å². The van der Waals surface area contributed by atoms with Gasteiger partial charge in [0.25, 0.3) is 0 Å². The summed E-state index contributed by atoms with van der Waals surface area (Å²) in [6.45, 7) is 13.6. The topological polar surface area (TPSA) is 59.1 Å². The first-order valence-electron chi connectivity index (χ1n) is 11.6. The van der Waals surface area contributed by atoms with Gasteiger partial charge in [0.05, 0.1) is 29.7 Å². The summed E-state index contributed by atoms with van der Waals surface area (Å²) in [6, 6.07) is -0.162. The van der Waals surface area contributed by atoms with Crippen LogP contribution in [-0.2, 0) is 15.9 Å². The van der Waals surface area contributed by atoms with E-state index in [1.165, 1.54) is 0 Å². The number of thiophene rings is 1. The van der Waals surface area contributed by atoms with Gasteiger partial charge in [0, 0.05) is 26.1 Å². The largest absolute Gasteiger partial charge is 0.444 e. The standard InChI is InChI=1S/C25H34N2O4S/c1-24(2,3)31-23(29)27-10-6-7-17(27)8-9-18-19-15-25(4,5)16-20(28)21(19)32-22(18)26-11-13-30-14-12-26/h17H,6-7,10-16H2,1-5H3/t17-/m0/s1. The van der Waals surface area contributed by atoms with Crippen LogP contribution in [0, 0.1) is 17.3 Å². The van der Waals surface area contributed by atoms with E-state index in [0.29, 0.717) is 26.2 Å². The number of hydrogen-bond acceptors (Lipinski definition) is 6. The molecular weight excluding hydrogens is 424 g/mol. The van der Waals surface area contributed by atoms with E-state index in [-0.39, 0.29) is 23.3 Å². The minimum Gasteiger partial charge on any atom is -0.444 e. The summed E-state index contributed by atoms with van der Waals surface area (Å²) in [4.78, 5) is 30.5. The molecule has 0 N–H and O–H groups in total. The summed E-state index contributed by atoms with van der Waals surface area (Å²) in [6.07, 6.45) is 2.88. The van der Waals surface area contributed by atoms with Gasteiger partial charge in [-0.25, -0.2) is 4.79 Å². The van der Waals surface area contributed by atoms with Crippen molar-refractivity contribution in [2.45, 2.75) is 71.9 Å². The van der Waals surface area contributed by atoms with E-state index in [9.17, 15) is 9.59 Å². The lowest BCUT2D eigenvalue weighted by atomic mass is 9.75. The highest BCUT2D eigenvalue weighted by atomic mass is 32.1. The van der Waals surface area contributed by atoms with E-state index < -0.39 is 5.60 Å². The molecule has 6 nitrogen and oxygen atoms in total. The number of carbonyl (C=O) groups is 2. The number of nitrogens with zero attached hydrogens (tertiary/aromatic N) is 2. The summed E-state index contributed by atoms with van der Waals surface area (Å²) < 4.78 is 11.1. The first kappa shape index (κ1) is 23.1. The molecular formula is C25H34N2O4S. The second-order valence-electron chi connectivity index (χ2n) is 10.7. The molecule has 1 amide bonds. The molecule has 0 radical (unpaired) electrons. The molecule has 0 bridgehead atoms. The highest BCUT2D eigenvalue weighted by Gasteiger charge is 2.37. The van der Waals surface area contributed by atoms with Gasteiger partial charge in [0.15, 0.2) is 5.78 Å². The van der Waals surface area contributed by atoms with Crippen molar-refractivity contribution in [3.63, 3.8) is 0 Å². The zero-order valence-corrected chi connectivity index (χ0v) is 20.7. The van der Waals surface area contributed by atoms with Crippen molar-refractivity contribution in [3.8, 4) is 11.8 Å². The van der Waals surface area contributed by atoms with Crippen LogP contribution in [0.25, 0.3) is 0 Å². The lowest BCUT2D eigenvalue weighted by molar-refractivity contribution is 0.0261. The first-order chi connectivity index (χ1) is 15.0. The number of amides is 1. The Labute approximate surface area is 195 Å². The summed E-state index contributed by atoms with van der Waals surface area (Å²) in [5, 5.41) is 1.08.